The van der Waals surface area contributed by atoms with Crippen LogP contribution in [0, 0.1) is 5.82 Å². The summed E-state index contributed by atoms with van der Waals surface area (Å²) < 4.78 is 20.9. The van der Waals surface area contributed by atoms with Gasteiger partial charge in [-0.05, 0) is 43.3 Å². The molecule has 0 unspecified atom stereocenters. The third kappa shape index (κ3) is 4.82. The van der Waals surface area contributed by atoms with Crippen LogP contribution in [0.15, 0.2) is 48.5 Å². The lowest BCUT2D eigenvalue weighted by molar-refractivity contribution is 0.0563. The highest BCUT2D eigenvalue weighted by molar-refractivity contribution is 6.42. The fourth-order valence-corrected chi connectivity index (χ4v) is 3.91. The molecule has 1 aromatic heterocycles. The predicted octanol–water partition coefficient (Wildman–Crippen LogP) is 4.90. The first-order chi connectivity index (χ1) is 15.9. The van der Waals surface area contributed by atoms with Gasteiger partial charge in [0.1, 0.15) is 11.5 Å². The lowest BCUT2D eigenvalue weighted by Crippen LogP contribution is -2.51. The van der Waals surface area contributed by atoms with Crippen molar-refractivity contribution in [2.24, 2.45) is 0 Å². The number of hydrogen-bond acceptors (Lipinski definition) is 4. The summed E-state index contributed by atoms with van der Waals surface area (Å²) in [5.74, 6) is -0.738. The van der Waals surface area contributed by atoms with E-state index in [4.69, 9.17) is 27.9 Å². The number of amides is 2. The molecule has 1 aliphatic rings. The van der Waals surface area contributed by atoms with Gasteiger partial charge < -0.3 is 14.5 Å². The summed E-state index contributed by atoms with van der Waals surface area (Å²) in [4.78, 5) is 28.6. The Hall–Kier alpha value is -3.10. The van der Waals surface area contributed by atoms with Crippen molar-refractivity contribution >= 4 is 35.2 Å². The molecule has 0 aliphatic carbocycles. The monoisotopic (exact) mass is 490 g/mol. The molecule has 2 heterocycles. The standard InChI is InChI=1S/C23H21Cl2FN4O3/c1-2-33-23(32)29-11-9-28(10-12-29)22(31)21-14-20(16-5-3-4-6-19(16)26)27-30(21)15-7-8-17(24)18(25)13-15/h3-8,13-14H,2,9-12H2,1H3. The number of benzene rings is 2. The summed E-state index contributed by atoms with van der Waals surface area (Å²) in [6, 6.07) is 12.7. The van der Waals surface area contributed by atoms with Crippen LogP contribution in [0.1, 0.15) is 17.4 Å². The van der Waals surface area contributed by atoms with E-state index in [0.717, 1.165) is 0 Å². The van der Waals surface area contributed by atoms with E-state index in [1.165, 1.54) is 10.7 Å². The highest BCUT2D eigenvalue weighted by atomic mass is 35.5. The Balaban J connectivity index is 1.68. The second kappa shape index (κ2) is 9.80. The maximum absolute atomic E-state index is 14.4. The first-order valence-electron chi connectivity index (χ1n) is 10.4. The van der Waals surface area contributed by atoms with Crippen LogP contribution in [0.4, 0.5) is 9.18 Å². The second-order valence-corrected chi connectivity index (χ2v) is 8.20. The molecule has 1 aliphatic heterocycles. The first kappa shape index (κ1) is 23.1. The Bertz CT molecular complexity index is 1190. The fraction of sp³-hybridized carbons (Fsp3) is 0.261. The van der Waals surface area contributed by atoms with E-state index in [-0.39, 0.29) is 17.2 Å². The van der Waals surface area contributed by atoms with E-state index < -0.39 is 11.9 Å². The van der Waals surface area contributed by atoms with E-state index in [2.05, 4.69) is 5.10 Å². The summed E-state index contributed by atoms with van der Waals surface area (Å²) in [6.07, 6.45) is -0.396. The molecule has 4 rings (SSSR count). The molecule has 0 radical (unpaired) electrons. The van der Waals surface area contributed by atoms with Crippen molar-refractivity contribution in [2.75, 3.05) is 32.8 Å². The van der Waals surface area contributed by atoms with Gasteiger partial charge in [0, 0.05) is 31.7 Å². The molecule has 0 saturated carbocycles. The van der Waals surface area contributed by atoms with E-state index >= 15 is 0 Å². The third-order valence-electron chi connectivity index (χ3n) is 5.32. The van der Waals surface area contributed by atoms with Crippen LogP contribution in [0.2, 0.25) is 10.0 Å². The Morgan fingerprint density at radius 3 is 2.36 bits per heavy atom. The average molecular weight is 491 g/mol. The summed E-state index contributed by atoms with van der Waals surface area (Å²) in [5.41, 5.74) is 1.35. The number of hydrogen-bond donors (Lipinski definition) is 0. The molecule has 10 heteroatoms. The van der Waals surface area contributed by atoms with Gasteiger partial charge in [-0.25, -0.2) is 13.9 Å². The van der Waals surface area contributed by atoms with E-state index in [9.17, 15) is 14.0 Å². The Morgan fingerprint density at radius 1 is 1.00 bits per heavy atom. The molecular weight excluding hydrogens is 470 g/mol. The zero-order valence-corrected chi connectivity index (χ0v) is 19.3. The number of piperazine rings is 1. The van der Waals surface area contributed by atoms with Gasteiger partial charge in [0.2, 0.25) is 0 Å². The van der Waals surface area contributed by atoms with Crippen LogP contribution >= 0.6 is 23.2 Å². The van der Waals surface area contributed by atoms with Crippen LogP contribution in [0.5, 0.6) is 0 Å². The van der Waals surface area contributed by atoms with E-state index in [1.54, 1.807) is 59.2 Å². The number of ether oxygens (including phenoxy) is 1. The van der Waals surface area contributed by atoms with Gasteiger partial charge in [0.15, 0.2) is 0 Å². The zero-order chi connectivity index (χ0) is 23.5. The molecule has 3 aromatic rings. The number of carbonyl (C=O) groups excluding carboxylic acids is 2. The normalized spacial score (nSPS) is 13.8. The highest BCUT2D eigenvalue weighted by Crippen LogP contribution is 2.28. The van der Waals surface area contributed by atoms with Crippen molar-refractivity contribution in [2.45, 2.75) is 6.92 Å². The Labute approximate surface area is 200 Å². The maximum Gasteiger partial charge on any atom is 0.409 e. The first-order valence-corrected chi connectivity index (χ1v) is 11.2. The molecule has 172 valence electrons. The number of aromatic nitrogens is 2. The maximum atomic E-state index is 14.4. The van der Waals surface area contributed by atoms with Crippen LogP contribution in [0.3, 0.4) is 0 Å². The summed E-state index contributed by atoms with van der Waals surface area (Å²) in [6.45, 7) is 3.41. The topological polar surface area (TPSA) is 67.7 Å². The molecule has 0 bridgehead atoms. The van der Waals surface area contributed by atoms with Crippen molar-refractivity contribution < 1.29 is 18.7 Å². The van der Waals surface area contributed by atoms with Gasteiger partial charge >= 0.3 is 6.09 Å². The lowest BCUT2D eigenvalue weighted by atomic mass is 10.1. The lowest BCUT2D eigenvalue weighted by Gasteiger charge is -2.34. The van der Waals surface area contributed by atoms with Gasteiger partial charge in [-0.2, -0.15) is 5.10 Å². The van der Waals surface area contributed by atoms with Crippen molar-refractivity contribution in [3.8, 4) is 16.9 Å². The number of carbonyl (C=O) groups is 2. The predicted molar refractivity (Wildman–Crippen MR) is 123 cm³/mol. The molecular formula is C23H21Cl2FN4O3. The van der Waals surface area contributed by atoms with Crippen molar-refractivity contribution in [3.63, 3.8) is 0 Å². The number of rotatable bonds is 4. The fourth-order valence-electron chi connectivity index (χ4n) is 3.62. The summed E-state index contributed by atoms with van der Waals surface area (Å²) in [7, 11) is 0. The third-order valence-corrected chi connectivity index (χ3v) is 6.06. The highest BCUT2D eigenvalue weighted by Gasteiger charge is 2.28. The molecule has 0 spiro atoms. The van der Waals surface area contributed by atoms with Crippen molar-refractivity contribution in [1.29, 1.82) is 0 Å². The molecule has 0 atom stereocenters. The molecule has 1 fully saturated rings. The largest absolute Gasteiger partial charge is 0.450 e. The molecule has 1 saturated heterocycles. The zero-order valence-electron chi connectivity index (χ0n) is 17.8. The number of nitrogens with zero attached hydrogens (tertiary/aromatic N) is 4. The van der Waals surface area contributed by atoms with Gasteiger partial charge in [0.25, 0.3) is 5.91 Å². The van der Waals surface area contributed by atoms with Gasteiger partial charge in [-0.15, -0.1) is 0 Å². The SMILES string of the molecule is CCOC(=O)N1CCN(C(=O)c2cc(-c3ccccc3F)nn2-c2ccc(Cl)c(Cl)c2)CC1. The van der Waals surface area contributed by atoms with Crippen LogP contribution in [0.25, 0.3) is 16.9 Å². The molecule has 7 nitrogen and oxygen atoms in total. The minimum Gasteiger partial charge on any atom is -0.450 e. The van der Waals surface area contributed by atoms with Gasteiger partial charge in [0.05, 0.1) is 28.0 Å². The van der Waals surface area contributed by atoms with Gasteiger partial charge in [-0.3, -0.25) is 4.79 Å². The molecule has 33 heavy (non-hydrogen) atoms. The van der Waals surface area contributed by atoms with E-state index in [1.807, 2.05) is 0 Å². The van der Waals surface area contributed by atoms with Crippen LogP contribution in [-0.2, 0) is 4.74 Å². The van der Waals surface area contributed by atoms with Crippen LogP contribution in [-0.4, -0.2) is 64.4 Å². The average Bonchev–Trinajstić information content (AvgIpc) is 3.26. The molecule has 2 amide bonds. The van der Waals surface area contributed by atoms with Crippen molar-refractivity contribution in [3.05, 3.63) is 70.1 Å². The minimum absolute atomic E-state index is 0.247. The van der Waals surface area contributed by atoms with Crippen molar-refractivity contribution in [1.82, 2.24) is 19.6 Å². The molecule has 0 N–H and O–H groups in total. The number of halogens is 3. The quantitative estimate of drug-likeness (QED) is 0.521. The minimum atomic E-state index is -0.446. The van der Waals surface area contributed by atoms with E-state index in [0.29, 0.717) is 54.2 Å². The Morgan fingerprint density at radius 2 is 1.70 bits per heavy atom. The second-order valence-electron chi connectivity index (χ2n) is 7.38. The van der Waals surface area contributed by atoms with Crippen LogP contribution < -0.4 is 0 Å². The van der Waals surface area contributed by atoms with Gasteiger partial charge in [-0.1, -0.05) is 35.3 Å². The smallest absolute Gasteiger partial charge is 0.409 e. The summed E-state index contributed by atoms with van der Waals surface area (Å²) >= 11 is 12.2. The molecule has 2 aromatic carbocycles. The Kier molecular flexibility index (Phi) is 6.85. The summed E-state index contributed by atoms with van der Waals surface area (Å²) in [5, 5.41) is 5.18.